The number of aldehydes is 1. The molecule has 1 aliphatic heterocycles. The average Bonchev–Trinajstić information content (AvgIpc) is 3.03. The van der Waals surface area contributed by atoms with Gasteiger partial charge in [-0.2, -0.15) is 0 Å². The van der Waals surface area contributed by atoms with Crippen molar-refractivity contribution in [3.63, 3.8) is 0 Å². The molecule has 146 valence electrons. The van der Waals surface area contributed by atoms with E-state index in [0.29, 0.717) is 48.0 Å². The van der Waals surface area contributed by atoms with Crippen molar-refractivity contribution in [2.75, 3.05) is 6.61 Å². The molecule has 1 aliphatic rings. The van der Waals surface area contributed by atoms with E-state index in [1.807, 2.05) is 13.0 Å². The number of pyridine rings is 1. The van der Waals surface area contributed by atoms with Crippen LogP contribution in [-0.2, 0) is 12.1 Å². The summed E-state index contributed by atoms with van der Waals surface area (Å²) >= 11 is 0. The van der Waals surface area contributed by atoms with Gasteiger partial charge in [0.25, 0.3) is 0 Å². The molecule has 0 amide bonds. The molecule has 1 atom stereocenters. The zero-order valence-corrected chi connectivity index (χ0v) is 15.9. The van der Waals surface area contributed by atoms with E-state index in [1.165, 1.54) is 19.1 Å². The number of aryl methyl sites for hydroxylation is 1. The molecule has 0 bridgehead atoms. The fourth-order valence-corrected chi connectivity index (χ4v) is 3.32. The van der Waals surface area contributed by atoms with Gasteiger partial charge in [0.2, 0.25) is 0 Å². The minimum atomic E-state index is -1.55. The summed E-state index contributed by atoms with van der Waals surface area (Å²) in [4.78, 5) is 19.6. The highest BCUT2D eigenvalue weighted by Crippen LogP contribution is 2.34. The number of aliphatic hydroxyl groups is 1. The first-order valence-corrected chi connectivity index (χ1v) is 9.06. The molecule has 1 aromatic carbocycles. The van der Waals surface area contributed by atoms with Crippen molar-refractivity contribution < 1.29 is 19.0 Å². The Morgan fingerprint density at radius 2 is 2.24 bits per heavy atom. The third-order valence-corrected chi connectivity index (χ3v) is 4.73. The second-order valence-electron chi connectivity index (χ2n) is 6.97. The first-order chi connectivity index (χ1) is 13.9. The predicted octanol–water partition coefficient (Wildman–Crippen LogP) is 2.86. The summed E-state index contributed by atoms with van der Waals surface area (Å²) in [5.74, 6) is 5.71. The third kappa shape index (κ3) is 3.50. The number of nitrogens with zero attached hydrogens (tertiary/aromatic N) is 3. The quantitative estimate of drug-likeness (QED) is 0.537. The van der Waals surface area contributed by atoms with Gasteiger partial charge in [-0.05, 0) is 31.5 Å². The molecular formula is C22H18FN3O3. The summed E-state index contributed by atoms with van der Waals surface area (Å²) < 4.78 is 22.1. The Hall–Kier alpha value is -3.50. The van der Waals surface area contributed by atoms with Gasteiger partial charge in [-0.25, -0.2) is 9.37 Å². The molecule has 0 aliphatic carbocycles. The number of ether oxygens (including phenoxy) is 1. The first-order valence-electron chi connectivity index (χ1n) is 9.06. The van der Waals surface area contributed by atoms with Crippen LogP contribution in [0.25, 0.3) is 11.4 Å². The van der Waals surface area contributed by atoms with Crippen molar-refractivity contribution in [2.24, 2.45) is 0 Å². The summed E-state index contributed by atoms with van der Waals surface area (Å²) in [5, 5.41) is 10.8. The average molecular weight is 391 g/mol. The summed E-state index contributed by atoms with van der Waals surface area (Å²) in [6, 6.07) is 6.37. The SMILES string of the molecule is Cc1cccnc1C(C)(O)C#Cc1cc2c(cc1F)OCCn1cc(C=O)nc1-2. The van der Waals surface area contributed by atoms with Crippen LogP contribution >= 0.6 is 0 Å². The van der Waals surface area contributed by atoms with Gasteiger partial charge in [0, 0.05) is 18.5 Å². The number of imidazole rings is 1. The van der Waals surface area contributed by atoms with Gasteiger partial charge in [0.15, 0.2) is 11.9 Å². The molecule has 3 aromatic rings. The van der Waals surface area contributed by atoms with Gasteiger partial charge in [-0.3, -0.25) is 9.78 Å². The van der Waals surface area contributed by atoms with Crippen LogP contribution in [0.4, 0.5) is 4.39 Å². The smallest absolute Gasteiger partial charge is 0.170 e. The number of carbonyl (C=O) groups is 1. The van der Waals surface area contributed by atoms with Gasteiger partial charge in [-0.1, -0.05) is 17.9 Å². The lowest BCUT2D eigenvalue weighted by Gasteiger charge is -2.17. The Morgan fingerprint density at radius 3 is 3.00 bits per heavy atom. The standard InChI is InChI=1S/C22H18FN3O3/c1-14-4-3-7-24-20(14)22(2,28)6-5-15-10-17-19(11-18(15)23)29-9-8-26-12-16(13-27)25-21(17)26/h3-4,7,10-13,28H,8-9H2,1-2H3. The maximum Gasteiger partial charge on any atom is 0.170 e. The molecule has 0 radical (unpaired) electrons. The molecule has 4 rings (SSSR count). The van der Waals surface area contributed by atoms with Crippen molar-refractivity contribution in [1.29, 1.82) is 0 Å². The molecule has 1 unspecified atom stereocenters. The number of carbonyl (C=O) groups excluding carboxylic acids is 1. The number of hydrogen-bond donors (Lipinski definition) is 1. The van der Waals surface area contributed by atoms with E-state index in [0.717, 1.165) is 5.56 Å². The lowest BCUT2D eigenvalue weighted by molar-refractivity contribution is 0.111. The Morgan fingerprint density at radius 1 is 1.41 bits per heavy atom. The Bertz CT molecular complexity index is 1170. The van der Waals surface area contributed by atoms with Crippen LogP contribution < -0.4 is 4.74 Å². The Kier molecular flexibility index (Phi) is 4.65. The Balaban J connectivity index is 1.79. The number of hydrogen-bond acceptors (Lipinski definition) is 5. The summed E-state index contributed by atoms with van der Waals surface area (Å²) in [7, 11) is 0. The lowest BCUT2D eigenvalue weighted by atomic mass is 9.97. The lowest BCUT2D eigenvalue weighted by Crippen LogP contribution is -2.21. The number of benzene rings is 1. The molecule has 0 spiro atoms. The molecule has 29 heavy (non-hydrogen) atoms. The molecule has 0 fully saturated rings. The van der Waals surface area contributed by atoms with E-state index < -0.39 is 11.4 Å². The van der Waals surface area contributed by atoms with E-state index in [9.17, 15) is 14.3 Å². The van der Waals surface area contributed by atoms with Crippen LogP contribution in [0.2, 0.25) is 0 Å². The molecular weight excluding hydrogens is 373 g/mol. The third-order valence-electron chi connectivity index (χ3n) is 4.73. The largest absolute Gasteiger partial charge is 0.491 e. The van der Waals surface area contributed by atoms with Crippen molar-refractivity contribution in [2.45, 2.75) is 26.0 Å². The number of fused-ring (bicyclic) bond motifs is 3. The minimum Gasteiger partial charge on any atom is -0.491 e. The molecule has 2 aromatic heterocycles. The van der Waals surface area contributed by atoms with Crippen LogP contribution in [0.15, 0.2) is 36.7 Å². The zero-order chi connectivity index (χ0) is 20.6. The molecule has 6 nitrogen and oxygen atoms in total. The topological polar surface area (TPSA) is 77.2 Å². The van der Waals surface area contributed by atoms with Crippen molar-refractivity contribution in [3.05, 3.63) is 65.0 Å². The number of halogens is 1. The van der Waals surface area contributed by atoms with Crippen LogP contribution in [0, 0.1) is 24.6 Å². The molecule has 3 heterocycles. The van der Waals surface area contributed by atoms with Crippen LogP contribution in [0.3, 0.4) is 0 Å². The van der Waals surface area contributed by atoms with Crippen molar-refractivity contribution >= 4 is 6.29 Å². The molecule has 0 saturated heterocycles. The summed E-state index contributed by atoms with van der Waals surface area (Å²) in [6.45, 7) is 4.15. The van der Waals surface area contributed by atoms with E-state index in [2.05, 4.69) is 21.8 Å². The second kappa shape index (κ2) is 7.15. The molecule has 0 saturated carbocycles. The minimum absolute atomic E-state index is 0.0883. The predicted molar refractivity (Wildman–Crippen MR) is 104 cm³/mol. The van der Waals surface area contributed by atoms with Crippen LogP contribution in [0.5, 0.6) is 5.75 Å². The molecule has 1 N–H and O–H groups in total. The van der Waals surface area contributed by atoms with Crippen LogP contribution in [-0.4, -0.2) is 32.5 Å². The fourth-order valence-electron chi connectivity index (χ4n) is 3.32. The second-order valence-corrected chi connectivity index (χ2v) is 6.97. The van der Waals surface area contributed by atoms with E-state index in [-0.39, 0.29) is 5.56 Å². The number of rotatable bonds is 2. The monoisotopic (exact) mass is 391 g/mol. The normalized spacial score (nSPS) is 14.3. The van der Waals surface area contributed by atoms with Gasteiger partial charge in [0.1, 0.15) is 29.7 Å². The maximum atomic E-state index is 14.7. The molecule has 7 heteroatoms. The van der Waals surface area contributed by atoms with E-state index >= 15 is 0 Å². The maximum absolute atomic E-state index is 14.7. The Labute approximate surface area is 167 Å². The van der Waals surface area contributed by atoms with Crippen molar-refractivity contribution in [3.8, 4) is 29.0 Å². The van der Waals surface area contributed by atoms with E-state index in [1.54, 1.807) is 23.0 Å². The fraction of sp³-hybridized carbons (Fsp3) is 0.227. The first kappa shape index (κ1) is 18.8. The highest BCUT2D eigenvalue weighted by Gasteiger charge is 2.24. The van der Waals surface area contributed by atoms with Gasteiger partial charge in [0.05, 0.1) is 23.4 Å². The van der Waals surface area contributed by atoms with Crippen molar-refractivity contribution in [1.82, 2.24) is 14.5 Å². The highest BCUT2D eigenvalue weighted by molar-refractivity contribution is 5.75. The zero-order valence-electron chi connectivity index (χ0n) is 15.9. The summed E-state index contributed by atoms with van der Waals surface area (Å²) in [5.41, 5.74) is 0.561. The van der Waals surface area contributed by atoms with Crippen LogP contribution in [0.1, 0.15) is 34.2 Å². The highest BCUT2D eigenvalue weighted by atomic mass is 19.1. The van der Waals surface area contributed by atoms with Gasteiger partial charge >= 0.3 is 0 Å². The number of aromatic nitrogens is 3. The summed E-state index contributed by atoms with van der Waals surface area (Å²) in [6.07, 6.45) is 3.87. The van der Waals surface area contributed by atoms with Gasteiger partial charge < -0.3 is 14.4 Å². The van der Waals surface area contributed by atoms with E-state index in [4.69, 9.17) is 4.74 Å². The van der Waals surface area contributed by atoms with Gasteiger partial charge in [-0.15, -0.1) is 0 Å².